The van der Waals surface area contributed by atoms with Gasteiger partial charge in [0.1, 0.15) is 6.04 Å². The zero-order valence-electron chi connectivity index (χ0n) is 6.19. The number of nitrogens with two attached hydrogens (primary N) is 1. The van der Waals surface area contributed by atoms with Crippen molar-refractivity contribution in [2.45, 2.75) is 12.5 Å². The summed E-state index contributed by atoms with van der Waals surface area (Å²) in [5, 5.41) is 16.5. The van der Waals surface area contributed by atoms with E-state index >= 15 is 0 Å². The normalized spacial score (nSPS) is 11.1. The van der Waals surface area contributed by atoms with Crippen LogP contribution in [0.2, 0.25) is 0 Å². The summed E-state index contributed by atoms with van der Waals surface area (Å²) in [7, 11) is 0. The maximum Gasteiger partial charge on any atom is 0.331 e. The topological polar surface area (TPSA) is 101 Å². The van der Waals surface area contributed by atoms with Crippen molar-refractivity contribution in [2.75, 3.05) is 0 Å². The summed E-state index contributed by atoms with van der Waals surface area (Å²) in [6, 6.07) is -1.18. The van der Waals surface area contributed by atoms with Crippen LogP contribution in [-0.4, -0.2) is 28.2 Å². The number of carboxylic acids is 2. The molecule has 0 aromatic rings. The van der Waals surface area contributed by atoms with E-state index in [4.69, 9.17) is 15.9 Å². The van der Waals surface area contributed by atoms with Gasteiger partial charge in [-0.05, 0) is 0 Å². The lowest BCUT2D eigenvalue weighted by Gasteiger charge is -2.04. The lowest BCUT2D eigenvalue weighted by Crippen LogP contribution is -2.31. The van der Waals surface area contributed by atoms with E-state index in [1.54, 1.807) is 0 Å². The Bertz CT molecular complexity index is 204. The molecule has 0 spiro atoms. The zero-order valence-corrected chi connectivity index (χ0v) is 7.00. The fraction of sp³-hybridized carbons (Fsp3) is 0.333. The highest BCUT2D eigenvalue weighted by Crippen LogP contribution is 2.00. The number of hydrogen-bond donors (Lipinski definition) is 3. The summed E-state index contributed by atoms with van der Waals surface area (Å²) < 4.78 is 0. The molecule has 0 aliphatic carbocycles. The van der Waals surface area contributed by atoms with Crippen molar-refractivity contribution in [1.82, 2.24) is 0 Å². The molecule has 4 N–H and O–H groups in total. The maximum absolute atomic E-state index is 10.1. The van der Waals surface area contributed by atoms with Gasteiger partial charge in [0, 0.05) is 12.0 Å². The SMILES string of the molecule is C=C(CC(N)C(=O)O)C(=O)O.Cl. The highest BCUT2D eigenvalue weighted by molar-refractivity contribution is 5.87. The molecule has 0 bridgehead atoms. The molecular formula is C6H10ClNO4. The van der Waals surface area contributed by atoms with Crippen LogP contribution in [0.25, 0.3) is 0 Å². The summed E-state index contributed by atoms with van der Waals surface area (Å²) in [5.74, 6) is -2.45. The second-order valence-electron chi connectivity index (χ2n) is 2.06. The molecule has 0 heterocycles. The second kappa shape index (κ2) is 5.56. The molecule has 1 unspecified atom stereocenters. The molecular weight excluding hydrogens is 186 g/mol. The van der Waals surface area contributed by atoms with Crippen LogP contribution < -0.4 is 5.73 Å². The molecule has 0 aliphatic rings. The zero-order chi connectivity index (χ0) is 9.02. The lowest BCUT2D eigenvalue weighted by molar-refractivity contribution is -0.138. The molecule has 0 saturated carbocycles. The molecule has 1 atom stereocenters. The molecule has 12 heavy (non-hydrogen) atoms. The van der Waals surface area contributed by atoms with Crippen LogP contribution in [0, 0.1) is 0 Å². The Hall–Kier alpha value is -1.07. The molecule has 0 radical (unpaired) electrons. The van der Waals surface area contributed by atoms with Gasteiger partial charge in [0.2, 0.25) is 0 Å². The quantitative estimate of drug-likeness (QED) is 0.542. The van der Waals surface area contributed by atoms with E-state index < -0.39 is 18.0 Å². The number of aliphatic carboxylic acids is 2. The summed E-state index contributed by atoms with van der Waals surface area (Å²) >= 11 is 0. The number of carboxylic acid groups (broad SMARTS) is 2. The van der Waals surface area contributed by atoms with Gasteiger partial charge in [-0.15, -0.1) is 12.4 Å². The monoisotopic (exact) mass is 195 g/mol. The van der Waals surface area contributed by atoms with Gasteiger partial charge in [0.25, 0.3) is 0 Å². The summed E-state index contributed by atoms with van der Waals surface area (Å²) in [5.41, 5.74) is 4.84. The van der Waals surface area contributed by atoms with E-state index in [1.165, 1.54) is 0 Å². The number of carbonyl (C=O) groups is 2. The Balaban J connectivity index is 0. The summed E-state index contributed by atoms with van der Waals surface area (Å²) in [6.45, 7) is 3.13. The third-order valence-electron chi connectivity index (χ3n) is 1.09. The Kier molecular flexibility index (Phi) is 6.27. The Morgan fingerprint density at radius 3 is 2.08 bits per heavy atom. The standard InChI is InChI=1S/C6H9NO4.ClH/c1-3(5(8)9)2-4(7)6(10)11;/h4H,1-2,7H2,(H,8,9)(H,10,11);1H. The van der Waals surface area contributed by atoms with Crippen molar-refractivity contribution in [3.63, 3.8) is 0 Å². The minimum Gasteiger partial charge on any atom is -0.480 e. The fourth-order valence-corrected chi connectivity index (χ4v) is 0.440. The van der Waals surface area contributed by atoms with Gasteiger partial charge < -0.3 is 15.9 Å². The highest BCUT2D eigenvalue weighted by atomic mass is 35.5. The Labute approximate surface area is 75.3 Å². The average molecular weight is 196 g/mol. The van der Waals surface area contributed by atoms with E-state index in [1.807, 2.05) is 0 Å². The first-order valence-corrected chi connectivity index (χ1v) is 2.84. The van der Waals surface area contributed by atoms with Crippen LogP contribution >= 0.6 is 12.4 Å². The predicted octanol–water partition coefficient (Wildman–Crippen LogP) is -0.149. The highest BCUT2D eigenvalue weighted by Gasteiger charge is 2.15. The number of halogens is 1. The third-order valence-corrected chi connectivity index (χ3v) is 1.09. The van der Waals surface area contributed by atoms with E-state index in [0.717, 1.165) is 0 Å². The van der Waals surface area contributed by atoms with Crippen molar-refractivity contribution >= 4 is 24.3 Å². The molecule has 0 aromatic heterocycles. The van der Waals surface area contributed by atoms with E-state index in [-0.39, 0.29) is 24.4 Å². The van der Waals surface area contributed by atoms with Crippen LogP contribution in [0.4, 0.5) is 0 Å². The van der Waals surface area contributed by atoms with Gasteiger partial charge in [-0.1, -0.05) is 6.58 Å². The van der Waals surface area contributed by atoms with Crippen molar-refractivity contribution < 1.29 is 19.8 Å². The molecule has 0 amide bonds. The van der Waals surface area contributed by atoms with Crippen molar-refractivity contribution in [3.05, 3.63) is 12.2 Å². The first-order valence-electron chi connectivity index (χ1n) is 2.84. The van der Waals surface area contributed by atoms with Crippen LogP contribution in [-0.2, 0) is 9.59 Å². The Morgan fingerprint density at radius 1 is 1.42 bits per heavy atom. The van der Waals surface area contributed by atoms with Gasteiger partial charge in [-0.3, -0.25) is 4.79 Å². The minimum absolute atomic E-state index is 0. The molecule has 5 nitrogen and oxygen atoms in total. The largest absolute Gasteiger partial charge is 0.480 e. The molecule has 0 aromatic carbocycles. The molecule has 0 saturated heterocycles. The van der Waals surface area contributed by atoms with Crippen molar-refractivity contribution in [1.29, 1.82) is 0 Å². The van der Waals surface area contributed by atoms with Crippen LogP contribution in [0.15, 0.2) is 12.2 Å². The van der Waals surface area contributed by atoms with E-state index in [0.29, 0.717) is 0 Å². The van der Waals surface area contributed by atoms with Crippen LogP contribution in [0.5, 0.6) is 0 Å². The van der Waals surface area contributed by atoms with Crippen molar-refractivity contribution in [3.8, 4) is 0 Å². The summed E-state index contributed by atoms with van der Waals surface area (Å²) in [6.07, 6.45) is -0.231. The molecule has 0 fully saturated rings. The third kappa shape index (κ3) is 4.70. The number of hydrogen-bond acceptors (Lipinski definition) is 3. The van der Waals surface area contributed by atoms with Gasteiger partial charge >= 0.3 is 11.9 Å². The number of rotatable bonds is 4. The smallest absolute Gasteiger partial charge is 0.331 e. The average Bonchev–Trinajstić information content (AvgIpc) is 1.87. The minimum atomic E-state index is -1.23. The molecule has 6 heteroatoms. The van der Waals surface area contributed by atoms with Gasteiger partial charge in [0.15, 0.2) is 0 Å². The molecule has 0 aliphatic heterocycles. The van der Waals surface area contributed by atoms with Crippen LogP contribution in [0.3, 0.4) is 0 Å². The van der Waals surface area contributed by atoms with Crippen LogP contribution in [0.1, 0.15) is 6.42 Å². The molecule has 0 rings (SSSR count). The summed E-state index contributed by atoms with van der Waals surface area (Å²) in [4.78, 5) is 20.2. The van der Waals surface area contributed by atoms with E-state index in [2.05, 4.69) is 6.58 Å². The van der Waals surface area contributed by atoms with Gasteiger partial charge in [-0.25, -0.2) is 4.79 Å². The predicted molar refractivity (Wildman–Crippen MR) is 44.3 cm³/mol. The Morgan fingerprint density at radius 2 is 1.83 bits per heavy atom. The maximum atomic E-state index is 10.1. The van der Waals surface area contributed by atoms with E-state index in [9.17, 15) is 9.59 Å². The fourth-order valence-electron chi connectivity index (χ4n) is 0.440. The first kappa shape index (κ1) is 13.5. The van der Waals surface area contributed by atoms with Gasteiger partial charge in [0.05, 0.1) is 0 Å². The first-order chi connectivity index (χ1) is 4.95. The van der Waals surface area contributed by atoms with Gasteiger partial charge in [-0.2, -0.15) is 0 Å². The second-order valence-corrected chi connectivity index (χ2v) is 2.06. The lowest BCUT2D eigenvalue weighted by atomic mass is 10.1. The molecule has 70 valence electrons. The van der Waals surface area contributed by atoms with Crippen molar-refractivity contribution in [2.24, 2.45) is 5.73 Å².